The molecule has 0 bridgehead atoms. The highest BCUT2D eigenvalue weighted by atomic mass is 16.5. The van der Waals surface area contributed by atoms with Gasteiger partial charge in [0, 0.05) is 20.8 Å². The van der Waals surface area contributed by atoms with Crippen molar-refractivity contribution >= 4 is 0 Å². The zero-order chi connectivity index (χ0) is 10.4. The number of ether oxygens (including phenoxy) is 2. The van der Waals surface area contributed by atoms with E-state index in [0.717, 1.165) is 5.82 Å². The van der Waals surface area contributed by atoms with E-state index in [1.54, 1.807) is 20.5 Å². The van der Waals surface area contributed by atoms with Crippen LogP contribution in [0.4, 0.5) is 0 Å². The average Bonchev–Trinajstić information content (AvgIpc) is 2.63. The first-order valence-corrected chi connectivity index (χ1v) is 4.40. The van der Waals surface area contributed by atoms with E-state index in [-0.39, 0.29) is 6.04 Å². The minimum Gasteiger partial charge on any atom is -0.383 e. The lowest BCUT2D eigenvalue weighted by atomic mass is 10.3. The van der Waals surface area contributed by atoms with Crippen LogP contribution in [0.5, 0.6) is 0 Å². The van der Waals surface area contributed by atoms with Crippen LogP contribution in [0.25, 0.3) is 0 Å². The molecule has 1 unspecified atom stereocenters. The van der Waals surface area contributed by atoms with Crippen molar-refractivity contribution < 1.29 is 9.47 Å². The maximum atomic E-state index is 5.83. The third kappa shape index (κ3) is 2.76. The Kier molecular flexibility index (Phi) is 4.51. The Morgan fingerprint density at radius 2 is 2.29 bits per heavy atom. The second-order valence-electron chi connectivity index (χ2n) is 2.94. The lowest BCUT2D eigenvalue weighted by molar-refractivity contribution is 0.170. The molecule has 14 heavy (non-hydrogen) atoms. The fourth-order valence-corrected chi connectivity index (χ4v) is 1.17. The van der Waals surface area contributed by atoms with E-state index in [4.69, 9.17) is 15.2 Å². The Morgan fingerprint density at radius 1 is 1.50 bits per heavy atom. The molecular weight excluding hydrogens is 184 g/mol. The van der Waals surface area contributed by atoms with E-state index >= 15 is 0 Å². The second kappa shape index (κ2) is 5.69. The molecule has 1 rings (SSSR count). The lowest BCUT2D eigenvalue weighted by Crippen LogP contribution is -2.21. The SMILES string of the molecule is COCCn1cnnc1C(N)COC. The maximum absolute atomic E-state index is 5.83. The van der Waals surface area contributed by atoms with Gasteiger partial charge in [-0.1, -0.05) is 0 Å². The van der Waals surface area contributed by atoms with E-state index in [9.17, 15) is 0 Å². The number of nitrogens with zero attached hydrogens (tertiary/aromatic N) is 3. The molecule has 6 nitrogen and oxygen atoms in total. The van der Waals surface area contributed by atoms with Crippen molar-refractivity contribution in [3.63, 3.8) is 0 Å². The van der Waals surface area contributed by atoms with Crippen LogP contribution in [0.3, 0.4) is 0 Å². The fraction of sp³-hybridized carbons (Fsp3) is 0.750. The van der Waals surface area contributed by atoms with Gasteiger partial charge < -0.3 is 19.8 Å². The number of hydrogen-bond acceptors (Lipinski definition) is 5. The molecule has 80 valence electrons. The standard InChI is InChI=1S/C8H16N4O2/c1-13-4-3-12-6-10-11-8(12)7(9)5-14-2/h6-7H,3-5,9H2,1-2H3. The topological polar surface area (TPSA) is 75.2 Å². The van der Waals surface area contributed by atoms with Gasteiger partial charge in [0.15, 0.2) is 5.82 Å². The molecule has 0 saturated heterocycles. The van der Waals surface area contributed by atoms with Crippen LogP contribution in [0.15, 0.2) is 6.33 Å². The van der Waals surface area contributed by atoms with E-state index in [2.05, 4.69) is 10.2 Å². The highest BCUT2D eigenvalue weighted by Gasteiger charge is 2.12. The molecule has 0 aromatic carbocycles. The first-order chi connectivity index (χ1) is 6.79. The zero-order valence-electron chi connectivity index (χ0n) is 8.51. The van der Waals surface area contributed by atoms with Crippen molar-refractivity contribution in [1.29, 1.82) is 0 Å². The van der Waals surface area contributed by atoms with Gasteiger partial charge in [-0.05, 0) is 0 Å². The highest BCUT2D eigenvalue weighted by Crippen LogP contribution is 2.06. The highest BCUT2D eigenvalue weighted by molar-refractivity contribution is 4.93. The molecular formula is C8H16N4O2. The summed E-state index contributed by atoms with van der Waals surface area (Å²) in [6.07, 6.45) is 1.64. The van der Waals surface area contributed by atoms with E-state index in [0.29, 0.717) is 19.8 Å². The van der Waals surface area contributed by atoms with Crippen molar-refractivity contribution in [1.82, 2.24) is 14.8 Å². The summed E-state index contributed by atoms with van der Waals surface area (Å²) in [5.41, 5.74) is 5.83. The number of methoxy groups -OCH3 is 2. The van der Waals surface area contributed by atoms with Crippen molar-refractivity contribution in [2.45, 2.75) is 12.6 Å². The van der Waals surface area contributed by atoms with Crippen LogP contribution < -0.4 is 5.73 Å². The summed E-state index contributed by atoms with van der Waals surface area (Å²) in [5.74, 6) is 0.726. The molecule has 0 spiro atoms. The summed E-state index contributed by atoms with van der Waals surface area (Å²) in [7, 11) is 3.26. The summed E-state index contributed by atoms with van der Waals surface area (Å²) < 4.78 is 11.8. The second-order valence-corrected chi connectivity index (χ2v) is 2.94. The van der Waals surface area contributed by atoms with E-state index in [1.807, 2.05) is 4.57 Å². The maximum Gasteiger partial charge on any atom is 0.152 e. The van der Waals surface area contributed by atoms with Crippen LogP contribution in [0.1, 0.15) is 11.9 Å². The summed E-state index contributed by atoms with van der Waals surface area (Å²) in [6, 6.07) is -0.237. The summed E-state index contributed by atoms with van der Waals surface area (Å²) in [5, 5.41) is 7.74. The Bertz CT molecular complexity index is 264. The quantitative estimate of drug-likeness (QED) is 0.674. The molecule has 0 radical (unpaired) electrons. The predicted octanol–water partition coefficient (Wildman–Crippen LogP) is -0.429. The van der Waals surface area contributed by atoms with Crippen molar-refractivity contribution in [3.8, 4) is 0 Å². The molecule has 1 aromatic rings. The van der Waals surface area contributed by atoms with Gasteiger partial charge in [-0.2, -0.15) is 0 Å². The molecule has 0 aliphatic carbocycles. The number of rotatable bonds is 6. The molecule has 0 aliphatic heterocycles. The Balaban J connectivity index is 2.61. The summed E-state index contributed by atoms with van der Waals surface area (Å²) in [6.45, 7) is 1.76. The minimum absolute atomic E-state index is 0.237. The largest absolute Gasteiger partial charge is 0.383 e. The first kappa shape index (κ1) is 11.1. The lowest BCUT2D eigenvalue weighted by Gasteiger charge is -2.11. The van der Waals surface area contributed by atoms with Gasteiger partial charge in [0.25, 0.3) is 0 Å². The van der Waals surface area contributed by atoms with Gasteiger partial charge in [0.2, 0.25) is 0 Å². The van der Waals surface area contributed by atoms with Gasteiger partial charge in [-0.25, -0.2) is 0 Å². The van der Waals surface area contributed by atoms with Crippen molar-refractivity contribution in [2.75, 3.05) is 27.4 Å². The van der Waals surface area contributed by atoms with Crippen LogP contribution >= 0.6 is 0 Å². The van der Waals surface area contributed by atoms with Crippen molar-refractivity contribution in [2.24, 2.45) is 5.73 Å². The van der Waals surface area contributed by atoms with Gasteiger partial charge in [-0.3, -0.25) is 0 Å². The molecule has 1 heterocycles. The molecule has 2 N–H and O–H groups in total. The van der Waals surface area contributed by atoms with Crippen LogP contribution in [-0.2, 0) is 16.0 Å². The third-order valence-electron chi connectivity index (χ3n) is 1.86. The van der Waals surface area contributed by atoms with Crippen LogP contribution in [0.2, 0.25) is 0 Å². The number of nitrogens with two attached hydrogens (primary N) is 1. The predicted molar refractivity (Wildman–Crippen MR) is 50.7 cm³/mol. The monoisotopic (exact) mass is 200 g/mol. The summed E-state index contributed by atoms with van der Waals surface area (Å²) >= 11 is 0. The van der Waals surface area contributed by atoms with Gasteiger partial charge in [0.1, 0.15) is 6.33 Å². The van der Waals surface area contributed by atoms with Crippen LogP contribution in [0, 0.1) is 0 Å². The first-order valence-electron chi connectivity index (χ1n) is 4.40. The molecule has 6 heteroatoms. The number of hydrogen-bond donors (Lipinski definition) is 1. The summed E-state index contributed by atoms with van der Waals surface area (Å²) in [4.78, 5) is 0. The van der Waals surface area contributed by atoms with Gasteiger partial charge >= 0.3 is 0 Å². The van der Waals surface area contributed by atoms with Crippen LogP contribution in [-0.4, -0.2) is 42.2 Å². The fourth-order valence-electron chi connectivity index (χ4n) is 1.17. The molecule has 1 aromatic heterocycles. The van der Waals surface area contributed by atoms with Gasteiger partial charge in [-0.15, -0.1) is 10.2 Å². The molecule has 0 amide bonds. The molecule has 0 saturated carbocycles. The number of aromatic nitrogens is 3. The Labute approximate surface area is 83.0 Å². The van der Waals surface area contributed by atoms with E-state index < -0.39 is 0 Å². The Hall–Kier alpha value is -0.980. The van der Waals surface area contributed by atoms with Gasteiger partial charge in [0.05, 0.1) is 19.3 Å². The molecule has 1 atom stereocenters. The van der Waals surface area contributed by atoms with Crippen molar-refractivity contribution in [3.05, 3.63) is 12.2 Å². The normalized spacial score (nSPS) is 13.1. The smallest absolute Gasteiger partial charge is 0.152 e. The molecule has 0 fully saturated rings. The molecule has 0 aliphatic rings. The van der Waals surface area contributed by atoms with E-state index in [1.165, 1.54) is 0 Å². The minimum atomic E-state index is -0.237. The Morgan fingerprint density at radius 3 is 2.93 bits per heavy atom. The average molecular weight is 200 g/mol. The third-order valence-corrected chi connectivity index (χ3v) is 1.86. The zero-order valence-corrected chi connectivity index (χ0v) is 8.51.